The number of nitrogens with zero attached hydrogens (tertiary/aromatic N) is 1. The molecule has 3 rings (SSSR count). The van der Waals surface area contributed by atoms with Crippen LogP contribution in [-0.2, 0) is 0 Å². The minimum atomic E-state index is -1.03. The van der Waals surface area contributed by atoms with Crippen LogP contribution in [0.1, 0.15) is 31.8 Å². The number of carbonyl (C=O) groups excluding carboxylic acids is 2. The van der Waals surface area contributed by atoms with Gasteiger partial charge in [-0.25, -0.2) is 0 Å². The molecule has 0 radical (unpaired) electrons. The topological polar surface area (TPSA) is 118 Å². The molecule has 0 bridgehead atoms. The fraction of sp³-hybridized carbons (Fsp3) is 0. The zero-order valence-corrected chi connectivity index (χ0v) is 10.4. The van der Waals surface area contributed by atoms with Gasteiger partial charge in [0.1, 0.15) is 0 Å². The fourth-order valence-corrected chi connectivity index (χ4v) is 2.35. The van der Waals surface area contributed by atoms with Gasteiger partial charge in [-0.15, -0.1) is 0 Å². The Morgan fingerprint density at radius 2 is 1.48 bits per heavy atom. The molecule has 0 fully saturated rings. The SMILES string of the molecule is O=C1c2ccccc2C(=O)c2c1cc([N+](=O)[O-])c(O)c2O. The molecule has 2 aromatic rings. The van der Waals surface area contributed by atoms with Crippen molar-refractivity contribution in [2.45, 2.75) is 0 Å². The second-order valence-electron chi connectivity index (χ2n) is 4.48. The number of phenols is 2. The Hall–Kier alpha value is -3.22. The molecule has 0 atom stereocenters. The maximum atomic E-state index is 12.3. The summed E-state index contributed by atoms with van der Waals surface area (Å²) in [7, 11) is 0. The summed E-state index contributed by atoms with van der Waals surface area (Å²) in [6.07, 6.45) is 0. The van der Waals surface area contributed by atoms with Gasteiger partial charge in [0.2, 0.25) is 5.75 Å². The first kappa shape index (κ1) is 12.8. The van der Waals surface area contributed by atoms with Crippen molar-refractivity contribution in [3.05, 3.63) is 62.7 Å². The molecule has 2 N–H and O–H groups in total. The average molecular weight is 285 g/mol. The molecule has 7 heteroatoms. The molecular formula is C14H7NO6. The van der Waals surface area contributed by atoms with Gasteiger partial charge in [0, 0.05) is 22.8 Å². The van der Waals surface area contributed by atoms with E-state index in [-0.39, 0.29) is 16.7 Å². The number of aromatic hydroxyl groups is 2. The number of rotatable bonds is 1. The lowest BCUT2D eigenvalue weighted by Crippen LogP contribution is -2.21. The Bertz CT molecular complexity index is 840. The van der Waals surface area contributed by atoms with Crippen LogP contribution in [-0.4, -0.2) is 26.7 Å². The van der Waals surface area contributed by atoms with E-state index >= 15 is 0 Å². The van der Waals surface area contributed by atoms with Crippen molar-refractivity contribution in [3.8, 4) is 11.5 Å². The third kappa shape index (κ3) is 1.61. The van der Waals surface area contributed by atoms with E-state index in [9.17, 15) is 29.9 Å². The molecule has 1 aliphatic rings. The largest absolute Gasteiger partial charge is 0.504 e. The van der Waals surface area contributed by atoms with Gasteiger partial charge in [0.15, 0.2) is 17.3 Å². The van der Waals surface area contributed by atoms with Crippen molar-refractivity contribution in [2.24, 2.45) is 0 Å². The maximum Gasteiger partial charge on any atom is 0.315 e. The van der Waals surface area contributed by atoms with Crippen LogP contribution >= 0.6 is 0 Å². The van der Waals surface area contributed by atoms with E-state index < -0.39 is 39.2 Å². The van der Waals surface area contributed by atoms with Gasteiger partial charge in [0.05, 0.1) is 10.5 Å². The van der Waals surface area contributed by atoms with Crippen LogP contribution in [0.3, 0.4) is 0 Å². The van der Waals surface area contributed by atoms with Crippen LogP contribution in [0.4, 0.5) is 5.69 Å². The molecule has 0 heterocycles. The molecule has 0 aromatic heterocycles. The predicted octanol–water partition coefficient (Wildman–Crippen LogP) is 1.78. The zero-order chi connectivity index (χ0) is 15.3. The van der Waals surface area contributed by atoms with Crippen LogP contribution in [0.2, 0.25) is 0 Å². The first-order valence-electron chi connectivity index (χ1n) is 5.85. The highest BCUT2D eigenvalue weighted by Gasteiger charge is 2.36. The Balaban J connectivity index is 2.38. The zero-order valence-electron chi connectivity index (χ0n) is 10.4. The van der Waals surface area contributed by atoms with E-state index in [4.69, 9.17) is 0 Å². The van der Waals surface area contributed by atoms with Crippen molar-refractivity contribution < 1.29 is 24.7 Å². The van der Waals surface area contributed by atoms with Gasteiger partial charge in [0.25, 0.3) is 0 Å². The van der Waals surface area contributed by atoms with E-state index in [1.165, 1.54) is 12.1 Å². The fourth-order valence-electron chi connectivity index (χ4n) is 2.35. The van der Waals surface area contributed by atoms with Crippen LogP contribution in [0.15, 0.2) is 30.3 Å². The summed E-state index contributed by atoms with van der Waals surface area (Å²) >= 11 is 0. The lowest BCUT2D eigenvalue weighted by molar-refractivity contribution is -0.386. The number of benzene rings is 2. The monoisotopic (exact) mass is 285 g/mol. The summed E-state index contributed by atoms with van der Waals surface area (Å²) in [4.78, 5) is 34.5. The number of ketones is 2. The molecule has 0 amide bonds. The van der Waals surface area contributed by atoms with Gasteiger partial charge >= 0.3 is 5.69 Å². The highest BCUT2D eigenvalue weighted by Crippen LogP contribution is 2.43. The molecule has 0 spiro atoms. The molecule has 7 nitrogen and oxygen atoms in total. The van der Waals surface area contributed by atoms with Gasteiger partial charge in [-0.3, -0.25) is 19.7 Å². The Kier molecular flexibility index (Phi) is 2.52. The summed E-state index contributed by atoms with van der Waals surface area (Å²) in [5.41, 5.74) is -1.35. The minimum Gasteiger partial charge on any atom is -0.504 e. The average Bonchev–Trinajstić information content (AvgIpc) is 2.47. The van der Waals surface area contributed by atoms with Crippen LogP contribution in [0, 0.1) is 10.1 Å². The molecule has 104 valence electrons. The van der Waals surface area contributed by atoms with E-state index in [1.54, 1.807) is 12.1 Å². The van der Waals surface area contributed by atoms with Crippen LogP contribution < -0.4 is 0 Å². The van der Waals surface area contributed by atoms with Gasteiger partial charge in [-0.2, -0.15) is 0 Å². The van der Waals surface area contributed by atoms with Gasteiger partial charge in [-0.1, -0.05) is 24.3 Å². The highest BCUT2D eigenvalue weighted by molar-refractivity contribution is 6.29. The Morgan fingerprint density at radius 1 is 0.905 bits per heavy atom. The molecule has 1 aliphatic carbocycles. The summed E-state index contributed by atoms with van der Waals surface area (Å²) in [5, 5.41) is 30.3. The molecule has 21 heavy (non-hydrogen) atoms. The summed E-state index contributed by atoms with van der Waals surface area (Å²) in [5.74, 6) is -3.26. The number of nitro groups is 1. The third-order valence-corrected chi connectivity index (χ3v) is 3.34. The quantitative estimate of drug-likeness (QED) is 0.399. The van der Waals surface area contributed by atoms with E-state index in [1.807, 2.05) is 0 Å². The van der Waals surface area contributed by atoms with E-state index in [0.29, 0.717) is 0 Å². The van der Waals surface area contributed by atoms with Crippen molar-refractivity contribution in [3.63, 3.8) is 0 Å². The smallest absolute Gasteiger partial charge is 0.315 e. The number of nitro benzene ring substituents is 1. The maximum absolute atomic E-state index is 12.3. The molecule has 0 saturated heterocycles. The lowest BCUT2D eigenvalue weighted by Gasteiger charge is -2.18. The summed E-state index contributed by atoms with van der Waals surface area (Å²) < 4.78 is 0. The van der Waals surface area contributed by atoms with Crippen molar-refractivity contribution >= 4 is 17.3 Å². The van der Waals surface area contributed by atoms with E-state index in [0.717, 1.165) is 6.07 Å². The molecule has 0 unspecified atom stereocenters. The molecule has 0 aliphatic heterocycles. The standard InChI is InChI=1S/C14H7NO6/c16-11-6-3-1-2-4-7(6)12(17)10-8(11)5-9(15(20)21)13(18)14(10)19/h1-5,18-19H. The lowest BCUT2D eigenvalue weighted by atomic mass is 9.83. The predicted molar refractivity (Wildman–Crippen MR) is 69.7 cm³/mol. The number of hydrogen-bond donors (Lipinski definition) is 2. The normalized spacial score (nSPS) is 12.8. The second kappa shape index (κ2) is 4.14. The van der Waals surface area contributed by atoms with Crippen LogP contribution in [0.25, 0.3) is 0 Å². The van der Waals surface area contributed by atoms with E-state index in [2.05, 4.69) is 0 Å². The third-order valence-electron chi connectivity index (χ3n) is 3.34. The number of carbonyl (C=O) groups is 2. The Labute approximate surface area is 117 Å². The van der Waals surface area contributed by atoms with Crippen molar-refractivity contribution in [2.75, 3.05) is 0 Å². The minimum absolute atomic E-state index is 0.0820. The number of hydrogen-bond acceptors (Lipinski definition) is 6. The summed E-state index contributed by atoms with van der Waals surface area (Å²) in [6, 6.07) is 6.76. The molecule has 0 saturated carbocycles. The Morgan fingerprint density at radius 3 is 2.05 bits per heavy atom. The number of fused-ring (bicyclic) bond motifs is 2. The van der Waals surface area contributed by atoms with Crippen LogP contribution in [0.5, 0.6) is 11.5 Å². The van der Waals surface area contributed by atoms with Crippen molar-refractivity contribution in [1.82, 2.24) is 0 Å². The first-order valence-corrected chi connectivity index (χ1v) is 5.85. The first-order chi connectivity index (χ1) is 9.93. The van der Waals surface area contributed by atoms with Gasteiger partial charge in [-0.05, 0) is 0 Å². The second-order valence-corrected chi connectivity index (χ2v) is 4.48. The number of phenolic OH excluding ortho intramolecular Hbond substituents is 2. The van der Waals surface area contributed by atoms with Gasteiger partial charge < -0.3 is 10.2 Å². The molecular weight excluding hydrogens is 278 g/mol. The molecule has 2 aromatic carbocycles. The summed E-state index contributed by atoms with van der Waals surface area (Å²) in [6.45, 7) is 0. The highest BCUT2D eigenvalue weighted by atomic mass is 16.6. The van der Waals surface area contributed by atoms with Crippen molar-refractivity contribution in [1.29, 1.82) is 0 Å².